The van der Waals surface area contributed by atoms with E-state index in [-0.39, 0.29) is 5.75 Å². The monoisotopic (exact) mass is 198 g/mol. The fourth-order valence-corrected chi connectivity index (χ4v) is 1.40. The molecule has 1 aromatic carbocycles. The summed E-state index contributed by atoms with van der Waals surface area (Å²) in [7, 11) is 4.55. The van der Waals surface area contributed by atoms with Gasteiger partial charge in [-0.2, -0.15) is 0 Å². The molecule has 0 aliphatic heterocycles. The molecule has 1 rings (SSSR count). The number of phenolic OH excluding ortho intramolecular Hbond substituents is 1. The molecular weight excluding hydrogens is 184 g/mol. The van der Waals surface area contributed by atoms with Crippen LogP contribution in [-0.4, -0.2) is 26.4 Å². The van der Waals surface area contributed by atoms with Gasteiger partial charge in [0.2, 0.25) is 0 Å². The first kappa shape index (κ1) is 10.5. The van der Waals surface area contributed by atoms with Gasteiger partial charge in [0.15, 0.2) is 23.0 Å². The molecule has 78 valence electrons. The molecule has 0 spiro atoms. The molecule has 0 bridgehead atoms. The first-order chi connectivity index (χ1) is 6.65. The lowest BCUT2D eigenvalue weighted by Gasteiger charge is -2.14. The minimum absolute atomic E-state index is 0.0441. The molecule has 0 aliphatic carbocycles. The first-order valence-electron chi connectivity index (χ1n) is 4.14. The third-order valence-electron chi connectivity index (χ3n) is 2.03. The highest BCUT2D eigenvalue weighted by Crippen LogP contribution is 2.42. The number of rotatable bonds is 3. The number of ether oxygens (including phenoxy) is 3. The Bertz CT molecular complexity index is 333. The molecule has 0 saturated carbocycles. The van der Waals surface area contributed by atoms with Gasteiger partial charge in [-0.1, -0.05) is 0 Å². The minimum atomic E-state index is 0.0441. The average Bonchev–Trinajstić information content (AvgIpc) is 2.17. The van der Waals surface area contributed by atoms with E-state index in [9.17, 15) is 5.11 Å². The summed E-state index contributed by atoms with van der Waals surface area (Å²) in [6.07, 6.45) is 0. The van der Waals surface area contributed by atoms with E-state index in [1.165, 1.54) is 20.3 Å². The Balaban J connectivity index is 3.39. The number of phenols is 1. The van der Waals surface area contributed by atoms with Crippen LogP contribution in [0.4, 0.5) is 0 Å². The largest absolute Gasteiger partial charge is 0.504 e. The average molecular weight is 198 g/mol. The van der Waals surface area contributed by atoms with Crippen molar-refractivity contribution in [2.24, 2.45) is 0 Å². The Morgan fingerprint density at radius 1 is 1.00 bits per heavy atom. The van der Waals surface area contributed by atoms with E-state index in [1.807, 2.05) is 0 Å². The van der Waals surface area contributed by atoms with E-state index < -0.39 is 0 Å². The SMILES string of the molecule is COc1cc(O)c(OC)c(C)c1OC. The van der Waals surface area contributed by atoms with Gasteiger partial charge >= 0.3 is 0 Å². The standard InChI is InChI=1S/C10H14O4/c1-6-9(13-3)7(11)5-8(12-2)10(6)14-4/h5,11H,1-4H3. The predicted molar refractivity (Wildman–Crippen MR) is 52.5 cm³/mol. The summed E-state index contributed by atoms with van der Waals surface area (Å²) >= 11 is 0. The number of aromatic hydroxyl groups is 1. The van der Waals surface area contributed by atoms with E-state index in [1.54, 1.807) is 14.0 Å². The van der Waals surface area contributed by atoms with Gasteiger partial charge in [-0.05, 0) is 6.92 Å². The van der Waals surface area contributed by atoms with Crippen molar-refractivity contribution in [2.45, 2.75) is 6.92 Å². The number of hydrogen-bond donors (Lipinski definition) is 1. The molecule has 14 heavy (non-hydrogen) atoms. The second-order valence-corrected chi connectivity index (χ2v) is 2.79. The van der Waals surface area contributed by atoms with Crippen LogP contribution in [0.5, 0.6) is 23.0 Å². The second-order valence-electron chi connectivity index (χ2n) is 2.79. The van der Waals surface area contributed by atoms with Crippen molar-refractivity contribution in [1.82, 2.24) is 0 Å². The van der Waals surface area contributed by atoms with Crippen molar-refractivity contribution < 1.29 is 19.3 Å². The van der Waals surface area contributed by atoms with Crippen molar-refractivity contribution >= 4 is 0 Å². The molecule has 0 saturated heterocycles. The zero-order chi connectivity index (χ0) is 10.7. The second kappa shape index (κ2) is 4.09. The molecule has 0 heterocycles. The Labute approximate surface area is 83.0 Å². The van der Waals surface area contributed by atoms with E-state index >= 15 is 0 Å². The van der Waals surface area contributed by atoms with Gasteiger partial charge in [-0.25, -0.2) is 0 Å². The molecule has 0 atom stereocenters. The van der Waals surface area contributed by atoms with Crippen LogP contribution in [0.25, 0.3) is 0 Å². The van der Waals surface area contributed by atoms with Gasteiger partial charge < -0.3 is 19.3 Å². The van der Waals surface area contributed by atoms with Gasteiger partial charge in [-0.3, -0.25) is 0 Å². The van der Waals surface area contributed by atoms with Gasteiger partial charge in [0.05, 0.1) is 21.3 Å². The number of hydrogen-bond acceptors (Lipinski definition) is 4. The lowest BCUT2D eigenvalue weighted by molar-refractivity contribution is 0.332. The lowest BCUT2D eigenvalue weighted by atomic mass is 10.1. The highest BCUT2D eigenvalue weighted by molar-refractivity contribution is 5.59. The van der Waals surface area contributed by atoms with Crippen molar-refractivity contribution in [3.8, 4) is 23.0 Å². The van der Waals surface area contributed by atoms with Gasteiger partial charge in [0.25, 0.3) is 0 Å². The zero-order valence-corrected chi connectivity index (χ0v) is 8.75. The predicted octanol–water partition coefficient (Wildman–Crippen LogP) is 1.73. The maximum Gasteiger partial charge on any atom is 0.167 e. The zero-order valence-electron chi connectivity index (χ0n) is 8.75. The van der Waals surface area contributed by atoms with Gasteiger partial charge in [0.1, 0.15) is 0 Å². The molecule has 0 fully saturated rings. The molecule has 0 radical (unpaired) electrons. The molecule has 1 N–H and O–H groups in total. The van der Waals surface area contributed by atoms with Crippen molar-refractivity contribution in [2.75, 3.05) is 21.3 Å². The summed E-state index contributed by atoms with van der Waals surface area (Å²) in [4.78, 5) is 0. The fourth-order valence-electron chi connectivity index (χ4n) is 1.40. The molecule has 4 heteroatoms. The van der Waals surface area contributed by atoms with Crippen LogP contribution < -0.4 is 14.2 Å². The highest BCUT2D eigenvalue weighted by Gasteiger charge is 2.16. The molecule has 0 aliphatic rings. The number of benzene rings is 1. The van der Waals surface area contributed by atoms with Gasteiger partial charge in [-0.15, -0.1) is 0 Å². The summed E-state index contributed by atoms with van der Waals surface area (Å²) in [5.74, 6) is 1.51. The Morgan fingerprint density at radius 2 is 1.57 bits per heavy atom. The van der Waals surface area contributed by atoms with Crippen LogP contribution in [-0.2, 0) is 0 Å². The van der Waals surface area contributed by atoms with Crippen LogP contribution in [0.3, 0.4) is 0 Å². The number of methoxy groups -OCH3 is 3. The van der Waals surface area contributed by atoms with Gasteiger partial charge in [0, 0.05) is 11.6 Å². The van der Waals surface area contributed by atoms with Crippen LogP contribution in [0.15, 0.2) is 6.07 Å². The topological polar surface area (TPSA) is 47.9 Å². The molecule has 4 nitrogen and oxygen atoms in total. The summed E-state index contributed by atoms with van der Waals surface area (Å²) in [5.41, 5.74) is 0.715. The lowest BCUT2D eigenvalue weighted by Crippen LogP contribution is -1.96. The van der Waals surface area contributed by atoms with E-state index in [0.29, 0.717) is 22.8 Å². The summed E-state index contributed by atoms with van der Waals surface area (Å²) in [5, 5.41) is 9.56. The van der Waals surface area contributed by atoms with E-state index in [2.05, 4.69) is 0 Å². The van der Waals surface area contributed by atoms with Crippen LogP contribution >= 0.6 is 0 Å². The van der Waals surface area contributed by atoms with Crippen LogP contribution in [0.1, 0.15) is 5.56 Å². The molecule has 0 amide bonds. The third-order valence-corrected chi connectivity index (χ3v) is 2.03. The quantitative estimate of drug-likeness (QED) is 0.803. The van der Waals surface area contributed by atoms with Crippen molar-refractivity contribution in [3.63, 3.8) is 0 Å². The smallest absolute Gasteiger partial charge is 0.167 e. The van der Waals surface area contributed by atoms with E-state index in [0.717, 1.165) is 0 Å². The molecule has 0 aromatic heterocycles. The molecular formula is C10H14O4. The van der Waals surface area contributed by atoms with Crippen molar-refractivity contribution in [1.29, 1.82) is 0 Å². The normalized spacial score (nSPS) is 9.71. The molecule has 1 aromatic rings. The Kier molecular flexibility index (Phi) is 3.06. The molecule has 0 unspecified atom stereocenters. The fraction of sp³-hybridized carbons (Fsp3) is 0.400. The summed E-state index contributed by atoms with van der Waals surface area (Å²) in [6.45, 7) is 1.79. The van der Waals surface area contributed by atoms with E-state index in [4.69, 9.17) is 14.2 Å². The minimum Gasteiger partial charge on any atom is -0.504 e. The maximum atomic E-state index is 9.56. The highest BCUT2D eigenvalue weighted by atomic mass is 16.5. The summed E-state index contributed by atoms with van der Waals surface area (Å²) in [6, 6.07) is 1.46. The Morgan fingerprint density at radius 3 is 2.00 bits per heavy atom. The summed E-state index contributed by atoms with van der Waals surface area (Å²) < 4.78 is 15.2. The van der Waals surface area contributed by atoms with Crippen LogP contribution in [0, 0.1) is 6.92 Å². The first-order valence-corrected chi connectivity index (χ1v) is 4.14. The Hall–Kier alpha value is -1.58. The maximum absolute atomic E-state index is 9.56. The van der Waals surface area contributed by atoms with Crippen molar-refractivity contribution in [3.05, 3.63) is 11.6 Å². The third kappa shape index (κ3) is 1.55. The van der Waals surface area contributed by atoms with Crippen LogP contribution in [0.2, 0.25) is 0 Å².